The molecule has 4 heteroatoms. The van der Waals surface area contributed by atoms with Gasteiger partial charge in [-0.15, -0.1) is 0 Å². The van der Waals surface area contributed by atoms with Gasteiger partial charge in [-0.05, 0) is 17.7 Å². The Balaban J connectivity index is 1.69. The van der Waals surface area contributed by atoms with Gasteiger partial charge in [-0.25, -0.2) is 0 Å². The molecule has 2 atom stereocenters. The molecule has 0 radical (unpaired) electrons. The number of fused-ring (bicyclic) bond motifs is 1. The van der Waals surface area contributed by atoms with Gasteiger partial charge in [0.15, 0.2) is 0 Å². The number of ether oxygens (including phenoxy) is 1. The van der Waals surface area contributed by atoms with E-state index in [2.05, 4.69) is 24.4 Å². The largest absolute Gasteiger partial charge is 0.379 e. The fraction of sp³-hybridized carbons (Fsp3) is 0.533. The van der Waals surface area contributed by atoms with E-state index >= 15 is 0 Å². The highest BCUT2D eigenvalue weighted by atomic mass is 16.5. The minimum absolute atomic E-state index is 0.0331. The van der Waals surface area contributed by atoms with Crippen molar-refractivity contribution in [2.45, 2.75) is 26.1 Å². The molecule has 1 N–H and O–H groups in total. The Morgan fingerprint density at radius 3 is 2.63 bits per heavy atom. The SMILES string of the molecule is CCNC1COCC1C(=O)N1Cc2ccccc2C1. The molecule has 0 bridgehead atoms. The minimum Gasteiger partial charge on any atom is -0.379 e. The van der Waals surface area contributed by atoms with E-state index in [1.165, 1.54) is 11.1 Å². The van der Waals surface area contributed by atoms with E-state index in [1.807, 2.05) is 17.0 Å². The summed E-state index contributed by atoms with van der Waals surface area (Å²) in [7, 11) is 0. The van der Waals surface area contributed by atoms with Gasteiger partial charge < -0.3 is 15.0 Å². The van der Waals surface area contributed by atoms with Gasteiger partial charge in [0.25, 0.3) is 0 Å². The molecular formula is C15H20N2O2. The number of carbonyl (C=O) groups is 1. The lowest BCUT2D eigenvalue weighted by atomic mass is 10.0. The second-order valence-corrected chi connectivity index (χ2v) is 5.27. The molecule has 1 aromatic rings. The predicted octanol–water partition coefficient (Wildman–Crippen LogP) is 1.15. The lowest BCUT2D eigenvalue weighted by Gasteiger charge is -2.23. The van der Waals surface area contributed by atoms with Crippen LogP contribution in [0.2, 0.25) is 0 Å². The Morgan fingerprint density at radius 2 is 2.00 bits per heavy atom. The number of likely N-dealkylation sites (N-methyl/N-ethyl adjacent to an activating group) is 1. The van der Waals surface area contributed by atoms with E-state index in [9.17, 15) is 4.79 Å². The summed E-state index contributed by atoms with van der Waals surface area (Å²) in [5.74, 6) is 0.189. The van der Waals surface area contributed by atoms with Crippen molar-refractivity contribution in [3.63, 3.8) is 0 Å². The molecule has 2 heterocycles. The lowest BCUT2D eigenvalue weighted by molar-refractivity contribution is -0.136. The van der Waals surface area contributed by atoms with E-state index < -0.39 is 0 Å². The molecule has 4 nitrogen and oxygen atoms in total. The van der Waals surface area contributed by atoms with Gasteiger partial charge in [-0.1, -0.05) is 31.2 Å². The third kappa shape index (κ3) is 2.38. The smallest absolute Gasteiger partial charge is 0.230 e. The maximum Gasteiger partial charge on any atom is 0.230 e. The lowest BCUT2D eigenvalue weighted by Crippen LogP contribution is -2.44. The molecule has 1 fully saturated rings. The van der Waals surface area contributed by atoms with Crippen molar-refractivity contribution >= 4 is 5.91 Å². The van der Waals surface area contributed by atoms with Crippen LogP contribution in [-0.4, -0.2) is 36.6 Å². The predicted molar refractivity (Wildman–Crippen MR) is 72.5 cm³/mol. The minimum atomic E-state index is -0.0331. The highest BCUT2D eigenvalue weighted by Crippen LogP contribution is 2.26. The quantitative estimate of drug-likeness (QED) is 0.886. The van der Waals surface area contributed by atoms with Crippen molar-refractivity contribution in [2.24, 2.45) is 5.92 Å². The molecule has 0 aliphatic carbocycles. The summed E-state index contributed by atoms with van der Waals surface area (Å²) in [6, 6.07) is 8.45. The zero-order valence-corrected chi connectivity index (χ0v) is 11.3. The van der Waals surface area contributed by atoms with Gasteiger partial charge >= 0.3 is 0 Å². The molecule has 0 spiro atoms. The average Bonchev–Trinajstić information content (AvgIpc) is 3.04. The van der Waals surface area contributed by atoms with Crippen LogP contribution < -0.4 is 5.32 Å². The van der Waals surface area contributed by atoms with Crippen molar-refractivity contribution < 1.29 is 9.53 Å². The number of rotatable bonds is 3. The van der Waals surface area contributed by atoms with Crippen molar-refractivity contribution in [2.75, 3.05) is 19.8 Å². The number of nitrogens with zero attached hydrogens (tertiary/aromatic N) is 1. The van der Waals surface area contributed by atoms with E-state index in [0.29, 0.717) is 13.2 Å². The zero-order valence-electron chi connectivity index (χ0n) is 11.3. The summed E-state index contributed by atoms with van der Waals surface area (Å²) in [5, 5.41) is 3.35. The Morgan fingerprint density at radius 1 is 1.32 bits per heavy atom. The number of carbonyl (C=O) groups excluding carboxylic acids is 1. The molecule has 3 rings (SSSR count). The fourth-order valence-electron chi connectivity index (χ4n) is 2.98. The summed E-state index contributed by atoms with van der Waals surface area (Å²) < 4.78 is 5.47. The van der Waals surface area contributed by atoms with Gasteiger partial charge in [0, 0.05) is 19.1 Å². The molecule has 1 aromatic carbocycles. The van der Waals surface area contributed by atoms with Crippen LogP contribution in [0.25, 0.3) is 0 Å². The van der Waals surface area contributed by atoms with Crippen LogP contribution in [0.15, 0.2) is 24.3 Å². The number of hydrogen-bond donors (Lipinski definition) is 1. The standard InChI is InChI=1S/C15H20N2O2/c1-2-16-14-10-19-9-13(14)15(18)17-7-11-5-3-4-6-12(11)8-17/h3-6,13-14,16H,2,7-10H2,1H3. The van der Waals surface area contributed by atoms with E-state index in [1.54, 1.807) is 0 Å². The summed E-state index contributed by atoms with van der Waals surface area (Å²) in [4.78, 5) is 14.6. The fourth-order valence-corrected chi connectivity index (χ4v) is 2.98. The van der Waals surface area contributed by atoms with E-state index in [0.717, 1.165) is 19.6 Å². The van der Waals surface area contributed by atoms with Crippen LogP contribution in [0.1, 0.15) is 18.1 Å². The molecule has 102 valence electrons. The molecule has 0 saturated carbocycles. The van der Waals surface area contributed by atoms with Gasteiger partial charge in [-0.3, -0.25) is 4.79 Å². The van der Waals surface area contributed by atoms with Gasteiger partial charge in [0.2, 0.25) is 5.91 Å². The molecule has 0 aromatic heterocycles. The zero-order chi connectivity index (χ0) is 13.2. The maximum absolute atomic E-state index is 12.6. The first-order valence-corrected chi connectivity index (χ1v) is 6.96. The van der Waals surface area contributed by atoms with Crippen LogP contribution >= 0.6 is 0 Å². The second kappa shape index (κ2) is 5.31. The first kappa shape index (κ1) is 12.6. The average molecular weight is 260 g/mol. The van der Waals surface area contributed by atoms with Gasteiger partial charge in [0.1, 0.15) is 0 Å². The second-order valence-electron chi connectivity index (χ2n) is 5.27. The topological polar surface area (TPSA) is 41.6 Å². The summed E-state index contributed by atoms with van der Waals surface area (Å²) in [5.41, 5.74) is 2.55. The normalized spacial score (nSPS) is 25.6. The van der Waals surface area contributed by atoms with Crippen molar-refractivity contribution in [1.29, 1.82) is 0 Å². The number of benzene rings is 1. The highest BCUT2D eigenvalue weighted by Gasteiger charge is 2.37. The number of nitrogens with one attached hydrogen (secondary N) is 1. The number of amides is 1. The van der Waals surface area contributed by atoms with Crippen LogP contribution in [0.4, 0.5) is 0 Å². The third-order valence-electron chi connectivity index (χ3n) is 4.02. The monoisotopic (exact) mass is 260 g/mol. The first-order valence-electron chi connectivity index (χ1n) is 6.96. The number of hydrogen-bond acceptors (Lipinski definition) is 3. The Bertz CT molecular complexity index is 450. The van der Waals surface area contributed by atoms with E-state index in [4.69, 9.17) is 4.74 Å². The van der Waals surface area contributed by atoms with Crippen LogP contribution in [-0.2, 0) is 22.6 Å². The van der Waals surface area contributed by atoms with Gasteiger partial charge in [0.05, 0.1) is 19.1 Å². The highest BCUT2D eigenvalue weighted by molar-refractivity contribution is 5.80. The maximum atomic E-state index is 12.6. The Labute approximate surface area is 113 Å². The third-order valence-corrected chi connectivity index (χ3v) is 4.02. The van der Waals surface area contributed by atoms with Crippen LogP contribution in [0.3, 0.4) is 0 Å². The van der Waals surface area contributed by atoms with Crippen molar-refractivity contribution in [3.05, 3.63) is 35.4 Å². The molecule has 2 aliphatic rings. The molecule has 1 saturated heterocycles. The summed E-state index contributed by atoms with van der Waals surface area (Å²) in [6.45, 7) is 5.60. The summed E-state index contributed by atoms with van der Waals surface area (Å²) >= 11 is 0. The molecule has 2 aliphatic heterocycles. The molecule has 2 unspecified atom stereocenters. The Kier molecular flexibility index (Phi) is 3.53. The van der Waals surface area contributed by atoms with E-state index in [-0.39, 0.29) is 17.9 Å². The van der Waals surface area contributed by atoms with Crippen LogP contribution in [0.5, 0.6) is 0 Å². The first-order chi connectivity index (χ1) is 9.29. The van der Waals surface area contributed by atoms with Crippen molar-refractivity contribution in [3.8, 4) is 0 Å². The molecule has 19 heavy (non-hydrogen) atoms. The molecule has 1 amide bonds. The van der Waals surface area contributed by atoms with Crippen molar-refractivity contribution in [1.82, 2.24) is 10.2 Å². The Hall–Kier alpha value is -1.39. The van der Waals surface area contributed by atoms with Crippen LogP contribution in [0, 0.1) is 5.92 Å². The van der Waals surface area contributed by atoms with Gasteiger partial charge in [-0.2, -0.15) is 0 Å². The summed E-state index contributed by atoms with van der Waals surface area (Å²) in [6.07, 6.45) is 0. The molecular weight excluding hydrogens is 240 g/mol.